The topological polar surface area (TPSA) is 93.1 Å². The van der Waals surface area contributed by atoms with Gasteiger partial charge in [-0.3, -0.25) is 9.59 Å². The van der Waals surface area contributed by atoms with E-state index in [9.17, 15) is 19.8 Å². The molecule has 6 heteroatoms. The number of esters is 2. The molecule has 0 aliphatic heterocycles. The number of benzene rings is 3. The molecule has 164 valence electrons. The van der Waals surface area contributed by atoms with Crippen LogP contribution in [0.3, 0.4) is 0 Å². The molecule has 0 spiro atoms. The van der Waals surface area contributed by atoms with E-state index in [0.717, 1.165) is 21.7 Å². The molecule has 0 radical (unpaired) electrons. The summed E-state index contributed by atoms with van der Waals surface area (Å²) in [6.45, 7) is 0.930. The highest BCUT2D eigenvalue weighted by molar-refractivity contribution is 5.98. The number of fused-ring (bicyclic) bond motifs is 2. The second-order valence-electron chi connectivity index (χ2n) is 7.73. The Hall–Kier alpha value is -2.96. The van der Waals surface area contributed by atoms with Crippen LogP contribution in [0, 0.1) is 5.41 Å². The van der Waals surface area contributed by atoms with Crippen LogP contribution in [-0.2, 0) is 25.7 Å². The van der Waals surface area contributed by atoms with Crippen LogP contribution in [0.25, 0.3) is 21.5 Å². The number of aliphatic hydroxyl groups excluding tert-OH is 2. The van der Waals surface area contributed by atoms with Gasteiger partial charge in [0, 0.05) is 6.42 Å². The maximum Gasteiger partial charge on any atom is 0.316 e. The highest BCUT2D eigenvalue weighted by Crippen LogP contribution is 2.24. The third kappa shape index (κ3) is 5.40. The predicted molar refractivity (Wildman–Crippen MR) is 118 cm³/mol. The van der Waals surface area contributed by atoms with Crippen molar-refractivity contribution in [2.75, 3.05) is 19.8 Å². The molecule has 0 heterocycles. The van der Waals surface area contributed by atoms with E-state index in [1.54, 1.807) is 6.92 Å². The van der Waals surface area contributed by atoms with Gasteiger partial charge in [-0.15, -0.1) is 0 Å². The Morgan fingerprint density at radius 2 is 1.52 bits per heavy atom. The minimum Gasteiger partial charge on any atom is -0.465 e. The zero-order valence-corrected chi connectivity index (χ0v) is 17.7. The molecule has 31 heavy (non-hydrogen) atoms. The number of aliphatic hydroxyl groups is 2. The molecule has 0 unspecified atom stereocenters. The van der Waals surface area contributed by atoms with Crippen LogP contribution in [0.15, 0.2) is 54.6 Å². The average molecular weight is 424 g/mol. The zero-order chi connectivity index (χ0) is 22.3. The summed E-state index contributed by atoms with van der Waals surface area (Å²) in [6.07, 6.45) is 0.691. The molecule has 3 aromatic carbocycles. The van der Waals surface area contributed by atoms with Crippen LogP contribution in [0.2, 0.25) is 0 Å². The SMILES string of the molecule is CCC(CO)(CO)C(=O)OCCCC(=O)OCc1ccc2cc3ccccc3cc2c1. The normalized spacial score (nSPS) is 11.6. The monoisotopic (exact) mass is 424 g/mol. The van der Waals surface area contributed by atoms with E-state index >= 15 is 0 Å². The van der Waals surface area contributed by atoms with Gasteiger partial charge in [0.1, 0.15) is 12.0 Å². The van der Waals surface area contributed by atoms with Crippen molar-refractivity contribution in [2.45, 2.75) is 32.8 Å². The Kier molecular flexibility index (Phi) is 7.60. The van der Waals surface area contributed by atoms with E-state index in [2.05, 4.69) is 24.3 Å². The van der Waals surface area contributed by atoms with Crippen molar-refractivity contribution in [3.8, 4) is 0 Å². The smallest absolute Gasteiger partial charge is 0.316 e. The van der Waals surface area contributed by atoms with Gasteiger partial charge in [-0.1, -0.05) is 43.3 Å². The summed E-state index contributed by atoms with van der Waals surface area (Å²) < 4.78 is 10.5. The number of rotatable bonds is 10. The highest BCUT2D eigenvalue weighted by atomic mass is 16.5. The number of hydrogen-bond acceptors (Lipinski definition) is 6. The van der Waals surface area contributed by atoms with Gasteiger partial charge in [-0.05, 0) is 58.1 Å². The van der Waals surface area contributed by atoms with Crippen LogP contribution < -0.4 is 0 Å². The van der Waals surface area contributed by atoms with Crippen molar-refractivity contribution in [3.05, 3.63) is 60.2 Å². The van der Waals surface area contributed by atoms with Crippen molar-refractivity contribution < 1.29 is 29.3 Å². The lowest BCUT2D eigenvalue weighted by Gasteiger charge is -2.25. The maximum absolute atomic E-state index is 12.0. The summed E-state index contributed by atoms with van der Waals surface area (Å²) >= 11 is 0. The summed E-state index contributed by atoms with van der Waals surface area (Å²) in [5.41, 5.74) is -0.386. The van der Waals surface area contributed by atoms with Crippen molar-refractivity contribution >= 4 is 33.5 Å². The van der Waals surface area contributed by atoms with Gasteiger partial charge in [0.15, 0.2) is 0 Å². The first-order valence-corrected chi connectivity index (χ1v) is 10.5. The number of hydrogen-bond donors (Lipinski definition) is 2. The van der Waals surface area contributed by atoms with Crippen molar-refractivity contribution in [1.29, 1.82) is 0 Å². The molecule has 0 saturated carbocycles. The number of carbonyl (C=O) groups excluding carboxylic acids is 2. The third-order valence-corrected chi connectivity index (χ3v) is 5.64. The molecule has 0 atom stereocenters. The van der Waals surface area contributed by atoms with Gasteiger partial charge in [-0.2, -0.15) is 0 Å². The van der Waals surface area contributed by atoms with E-state index in [4.69, 9.17) is 9.47 Å². The summed E-state index contributed by atoms with van der Waals surface area (Å²) in [4.78, 5) is 24.1. The first-order chi connectivity index (χ1) is 15.0. The van der Waals surface area contributed by atoms with Crippen LogP contribution >= 0.6 is 0 Å². The van der Waals surface area contributed by atoms with Crippen molar-refractivity contribution in [3.63, 3.8) is 0 Å². The molecule has 0 aliphatic carbocycles. The molecule has 0 saturated heterocycles. The first kappa shape index (κ1) is 22.7. The van der Waals surface area contributed by atoms with Crippen molar-refractivity contribution in [1.82, 2.24) is 0 Å². The Balaban J connectivity index is 1.48. The molecular weight excluding hydrogens is 396 g/mol. The van der Waals surface area contributed by atoms with Crippen LogP contribution in [0.4, 0.5) is 0 Å². The molecule has 6 nitrogen and oxygen atoms in total. The molecule has 0 aromatic heterocycles. The lowest BCUT2D eigenvalue weighted by Crippen LogP contribution is -2.39. The second kappa shape index (κ2) is 10.4. The molecule has 0 fully saturated rings. The minimum absolute atomic E-state index is 0.0265. The molecule has 0 aliphatic rings. The number of ether oxygens (including phenoxy) is 2. The summed E-state index contributed by atoms with van der Waals surface area (Å²) in [7, 11) is 0. The van der Waals surface area contributed by atoms with Gasteiger partial charge in [0.2, 0.25) is 0 Å². The Morgan fingerprint density at radius 1 is 0.871 bits per heavy atom. The van der Waals surface area contributed by atoms with Crippen LogP contribution in [0.1, 0.15) is 31.7 Å². The van der Waals surface area contributed by atoms with Gasteiger partial charge >= 0.3 is 11.9 Å². The Bertz CT molecular complexity index is 1050. The first-order valence-electron chi connectivity index (χ1n) is 10.5. The van der Waals surface area contributed by atoms with E-state index in [1.807, 2.05) is 30.3 Å². The molecular formula is C25H28O6. The molecule has 0 bridgehead atoms. The third-order valence-electron chi connectivity index (χ3n) is 5.64. The van der Waals surface area contributed by atoms with E-state index in [-0.39, 0.29) is 32.0 Å². The van der Waals surface area contributed by atoms with Gasteiger partial charge in [0.25, 0.3) is 0 Å². The quantitative estimate of drug-likeness (QED) is 0.293. The van der Waals surface area contributed by atoms with E-state index < -0.39 is 24.6 Å². The molecule has 0 amide bonds. The Morgan fingerprint density at radius 3 is 2.16 bits per heavy atom. The van der Waals surface area contributed by atoms with Crippen LogP contribution in [-0.4, -0.2) is 42.0 Å². The average Bonchev–Trinajstić information content (AvgIpc) is 2.80. The van der Waals surface area contributed by atoms with Crippen molar-refractivity contribution in [2.24, 2.45) is 5.41 Å². The van der Waals surface area contributed by atoms with Gasteiger partial charge < -0.3 is 19.7 Å². The predicted octanol–water partition coefficient (Wildman–Crippen LogP) is 3.74. The van der Waals surface area contributed by atoms with Gasteiger partial charge in [0.05, 0.1) is 19.8 Å². The Labute approximate surface area is 181 Å². The van der Waals surface area contributed by atoms with E-state index in [0.29, 0.717) is 6.42 Å². The summed E-state index contributed by atoms with van der Waals surface area (Å²) in [5.74, 6) is -1.03. The lowest BCUT2D eigenvalue weighted by molar-refractivity contribution is -0.163. The fourth-order valence-electron chi connectivity index (χ4n) is 3.40. The largest absolute Gasteiger partial charge is 0.465 e. The lowest BCUT2D eigenvalue weighted by atomic mass is 9.87. The fraction of sp³-hybridized carbons (Fsp3) is 0.360. The molecule has 3 rings (SSSR count). The molecule has 2 N–H and O–H groups in total. The fourth-order valence-corrected chi connectivity index (χ4v) is 3.40. The summed E-state index contributed by atoms with van der Waals surface area (Å²) in [5, 5.41) is 23.3. The highest BCUT2D eigenvalue weighted by Gasteiger charge is 2.37. The van der Waals surface area contributed by atoms with Crippen LogP contribution in [0.5, 0.6) is 0 Å². The van der Waals surface area contributed by atoms with Gasteiger partial charge in [-0.25, -0.2) is 0 Å². The van der Waals surface area contributed by atoms with E-state index in [1.165, 1.54) is 5.39 Å². The molecule has 3 aromatic rings. The standard InChI is InChI=1S/C25H28O6/c1-2-25(16-26,17-27)24(29)30-11-5-8-23(28)31-15-18-9-10-21-13-19-6-3-4-7-20(19)14-22(21)12-18/h3-4,6-7,9-10,12-14,26-27H,2,5,8,11,15-17H2,1H3. The second-order valence-corrected chi connectivity index (χ2v) is 7.73. The summed E-state index contributed by atoms with van der Waals surface area (Å²) in [6, 6.07) is 18.4. The minimum atomic E-state index is -1.29. The maximum atomic E-state index is 12.0. The number of carbonyl (C=O) groups is 2. The zero-order valence-electron chi connectivity index (χ0n) is 17.7.